The molecule has 0 radical (unpaired) electrons. The summed E-state index contributed by atoms with van der Waals surface area (Å²) in [5, 5.41) is 8.91. The zero-order valence-electron chi connectivity index (χ0n) is 9.83. The SMILES string of the molecule is NC(c1ccc2c(c1)OCCO2)C1CC1C(=O)O. The molecule has 96 valence electrons. The van der Waals surface area contributed by atoms with Gasteiger partial charge >= 0.3 is 5.97 Å². The fraction of sp³-hybridized carbons (Fsp3) is 0.462. The summed E-state index contributed by atoms with van der Waals surface area (Å²) >= 11 is 0. The predicted octanol–water partition coefficient (Wildman–Crippen LogP) is 1.18. The normalized spacial score (nSPS) is 26.5. The number of nitrogens with two attached hydrogens (primary N) is 1. The van der Waals surface area contributed by atoms with E-state index in [1.54, 1.807) is 0 Å². The maximum atomic E-state index is 10.8. The van der Waals surface area contributed by atoms with Crippen LogP contribution in [-0.2, 0) is 4.79 Å². The van der Waals surface area contributed by atoms with Crippen LogP contribution in [0.1, 0.15) is 18.0 Å². The molecule has 1 fully saturated rings. The van der Waals surface area contributed by atoms with E-state index >= 15 is 0 Å². The lowest BCUT2D eigenvalue weighted by Gasteiger charge is -2.20. The van der Waals surface area contributed by atoms with Crippen molar-refractivity contribution in [2.24, 2.45) is 17.6 Å². The molecule has 3 rings (SSSR count). The van der Waals surface area contributed by atoms with Crippen molar-refractivity contribution in [1.29, 1.82) is 0 Å². The second kappa shape index (κ2) is 4.17. The topological polar surface area (TPSA) is 81.8 Å². The molecule has 2 aliphatic rings. The molecule has 0 saturated heterocycles. The van der Waals surface area contributed by atoms with Gasteiger partial charge < -0.3 is 20.3 Å². The van der Waals surface area contributed by atoms with Gasteiger partial charge in [-0.2, -0.15) is 0 Å². The van der Waals surface area contributed by atoms with Crippen molar-refractivity contribution in [2.45, 2.75) is 12.5 Å². The molecule has 3 N–H and O–H groups in total. The molecule has 1 aromatic rings. The molecular weight excluding hydrogens is 234 g/mol. The van der Waals surface area contributed by atoms with E-state index in [0.29, 0.717) is 25.4 Å². The van der Waals surface area contributed by atoms with Crippen LogP contribution in [0.25, 0.3) is 0 Å². The molecule has 5 nitrogen and oxygen atoms in total. The van der Waals surface area contributed by atoms with Gasteiger partial charge in [-0.15, -0.1) is 0 Å². The molecule has 3 atom stereocenters. The Bertz CT molecular complexity index is 488. The second-order valence-corrected chi connectivity index (χ2v) is 4.77. The highest BCUT2D eigenvalue weighted by Crippen LogP contribution is 2.47. The lowest BCUT2D eigenvalue weighted by Crippen LogP contribution is -2.18. The minimum atomic E-state index is -0.756. The first-order chi connectivity index (χ1) is 8.66. The van der Waals surface area contributed by atoms with Gasteiger partial charge in [-0.05, 0) is 30.0 Å². The van der Waals surface area contributed by atoms with Crippen molar-refractivity contribution in [2.75, 3.05) is 13.2 Å². The number of benzene rings is 1. The van der Waals surface area contributed by atoms with Crippen molar-refractivity contribution < 1.29 is 19.4 Å². The maximum absolute atomic E-state index is 10.8. The number of carbonyl (C=O) groups is 1. The van der Waals surface area contributed by atoms with E-state index in [-0.39, 0.29) is 17.9 Å². The molecule has 1 heterocycles. The monoisotopic (exact) mass is 249 g/mol. The fourth-order valence-corrected chi connectivity index (χ4v) is 2.41. The number of carboxylic acids is 1. The minimum Gasteiger partial charge on any atom is -0.486 e. The van der Waals surface area contributed by atoms with Crippen LogP contribution in [0, 0.1) is 11.8 Å². The summed E-state index contributed by atoms with van der Waals surface area (Å²) in [5.41, 5.74) is 7.01. The number of carboxylic acid groups (broad SMARTS) is 1. The van der Waals surface area contributed by atoms with Crippen molar-refractivity contribution in [3.8, 4) is 11.5 Å². The molecule has 1 aliphatic heterocycles. The third kappa shape index (κ3) is 1.90. The number of rotatable bonds is 3. The summed E-state index contributed by atoms with van der Waals surface area (Å²) in [6.07, 6.45) is 0.658. The Balaban J connectivity index is 1.78. The standard InChI is InChI=1S/C13H15NO4/c14-12(8-6-9(8)13(15)16)7-1-2-10-11(5-7)18-4-3-17-10/h1-2,5,8-9,12H,3-4,6,14H2,(H,15,16). The minimum absolute atomic E-state index is 0.0325. The molecular formula is C13H15NO4. The van der Waals surface area contributed by atoms with Crippen molar-refractivity contribution in [3.63, 3.8) is 0 Å². The largest absolute Gasteiger partial charge is 0.486 e. The van der Waals surface area contributed by atoms with E-state index in [1.165, 1.54) is 0 Å². The van der Waals surface area contributed by atoms with E-state index < -0.39 is 5.97 Å². The highest BCUT2D eigenvalue weighted by molar-refractivity contribution is 5.73. The van der Waals surface area contributed by atoms with E-state index in [1.807, 2.05) is 18.2 Å². The Hall–Kier alpha value is -1.75. The Morgan fingerprint density at radius 2 is 2.06 bits per heavy atom. The third-order valence-electron chi connectivity index (χ3n) is 3.57. The van der Waals surface area contributed by atoms with Gasteiger partial charge in [-0.25, -0.2) is 0 Å². The summed E-state index contributed by atoms with van der Waals surface area (Å²) in [7, 11) is 0. The second-order valence-electron chi connectivity index (χ2n) is 4.77. The Kier molecular flexibility index (Phi) is 2.63. The molecule has 0 bridgehead atoms. The highest BCUT2D eigenvalue weighted by atomic mass is 16.6. The van der Waals surface area contributed by atoms with Crippen LogP contribution in [0.3, 0.4) is 0 Å². The Labute approximate surface area is 104 Å². The van der Waals surface area contributed by atoms with Crippen LogP contribution in [0.15, 0.2) is 18.2 Å². The lowest BCUT2D eigenvalue weighted by molar-refractivity contribution is -0.138. The van der Waals surface area contributed by atoms with E-state index in [9.17, 15) is 4.79 Å². The molecule has 0 aromatic heterocycles. The fourth-order valence-electron chi connectivity index (χ4n) is 2.41. The first kappa shape index (κ1) is 11.3. The smallest absolute Gasteiger partial charge is 0.306 e. The molecule has 0 spiro atoms. The lowest BCUT2D eigenvalue weighted by atomic mass is 10.0. The van der Waals surface area contributed by atoms with Crippen LogP contribution in [0.2, 0.25) is 0 Å². The number of fused-ring (bicyclic) bond motifs is 1. The molecule has 5 heteroatoms. The van der Waals surface area contributed by atoms with Gasteiger partial charge in [0.05, 0.1) is 5.92 Å². The number of ether oxygens (including phenoxy) is 2. The van der Waals surface area contributed by atoms with Crippen molar-refractivity contribution in [3.05, 3.63) is 23.8 Å². The summed E-state index contributed by atoms with van der Waals surface area (Å²) in [6.45, 7) is 1.09. The maximum Gasteiger partial charge on any atom is 0.306 e. The first-order valence-electron chi connectivity index (χ1n) is 6.05. The van der Waals surface area contributed by atoms with Crippen LogP contribution in [-0.4, -0.2) is 24.3 Å². The molecule has 1 saturated carbocycles. The average molecular weight is 249 g/mol. The van der Waals surface area contributed by atoms with E-state index in [4.69, 9.17) is 20.3 Å². The average Bonchev–Trinajstić information content (AvgIpc) is 3.17. The number of aliphatic carboxylic acids is 1. The predicted molar refractivity (Wildman–Crippen MR) is 63.6 cm³/mol. The van der Waals surface area contributed by atoms with E-state index in [0.717, 1.165) is 11.3 Å². The van der Waals surface area contributed by atoms with Crippen LogP contribution in [0.4, 0.5) is 0 Å². The first-order valence-corrected chi connectivity index (χ1v) is 6.05. The Morgan fingerprint density at radius 3 is 2.72 bits per heavy atom. The number of hydrogen-bond acceptors (Lipinski definition) is 4. The molecule has 18 heavy (non-hydrogen) atoms. The summed E-state index contributed by atoms with van der Waals surface area (Å²) in [5.74, 6) is 0.399. The van der Waals surface area contributed by atoms with E-state index in [2.05, 4.69) is 0 Å². The zero-order valence-corrected chi connectivity index (χ0v) is 9.83. The van der Waals surface area contributed by atoms with Gasteiger partial charge in [0.1, 0.15) is 13.2 Å². The van der Waals surface area contributed by atoms with Gasteiger partial charge in [-0.3, -0.25) is 4.79 Å². The summed E-state index contributed by atoms with van der Waals surface area (Å²) < 4.78 is 10.9. The van der Waals surface area contributed by atoms with Crippen LogP contribution < -0.4 is 15.2 Å². The molecule has 0 amide bonds. The van der Waals surface area contributed by atoms with Gasteiger partial charge in [-0.1, -0.05) is 6.07 Å². The van der Waals surface area contributed by atoms with Crippen molar-refractivity contribution in [1.82, 2.24) is 0 Å². The zero-order chi connectivity index (χ0) is 12.7. The van der Waals surface area contributed by atoms with Gasteiger partial charge in [0.2, 0.25) is 0 Å². The highest BCUT2D eigenvalue weighted by Gasteiger charge is 2.47. The molecule has 3 unspecified atom stereocenters. The Morgan fingerprint density at radius 1 is 1.33 bits per heavy atom. The quantitative estimate of drug-likeness (QED) is 0.840. The van der Waals surface area contributed by atoms with Crippen molar-refractivity contribution >= 4 is 5.97 Å². The summed E-state index contributed by atoms with van der Waals surface area (Å²) in [6, 6.07) is 5.33. The van der Waals surface area contributed by atoms with Gasteiger partial charge in [0, 0.05) is 6.04 Å². The number of hydrogen-bond donors (Lipinski definition) is 2. The third-order valence-corrected chi connectivity index (χ3v) is 3.57. The molecule has 1 aromatic carbocycles. The van der Waals surface area contributed by atoms with Gasteiger partial charge in [0.25, 0.3) is 0 Å². The molecule has 1 aliphatic carbocycles. The summed E-state index contributed by atoms with van der Waals surface area (Å²) in [4.78, 5) is 10.8. The van der Waals surface area contributed by atoms with Gasteiger partial charge in [0.15, 0.2) is 11.5 Å². The van der Waals surface area contributed by atoms with Crippen LogP contribution >= 0.6 is 0 Å². The van der Waals surface area contributed by atoms with Crippen LogP contribution in [0.5, 0.6) is 11.5 Å².